The molecule has 0 bridgehead atoms. The number of alkyl halides is 3. The van der Waals surface area contributed by atoms with Gasteiger partial charge >= 0.3 is 6.18 Å². The highest BCUT2D eigenvalue weighted by molar-refractivity contribution is 5.82. The van der Waals surface area contributed by atoms with E-state index in [9.17, 15) is 13.2 Å². The molecule has 0 aliphatic rings. The van der Waals surface area contributed by atoms with Gasteiger partial charge in [0.05, 0.1) is 11.3 Å². The lowest BCUT2D eigenvalue weighted by Gasteiger charge is -2.06. The molecule has 0 saturated heterocycles. The molecule has 0 amide bonds. The van der Waals surface area contributed by atoms with Crippen molar-refractivity contribution < 1.29 is 13.2 Å². The first-order chi connectivity index (χ1) is 9.05. The third kappa shape index (κ3) is 2.07. The van der Waals surface area contributed by atoms with Crippen molar-refractivity contribution >= 4 is 10.9 Å². The predicted molar refractivity (Wildman–Crippen MR) is 66.1 cm³/mol. The fourth-order valence-corrected chi connectivity index (χ4v) is 1.99. The second kappa shape index (κ2) is 4.12. The van der Waals surface area contributed by atoms with Gasteiger partial charge in [-0.1, -0.05) is 30.3 Å². The van der Waals surface area contributed by atoms with E-state index < -0.39 is 11.7 Å². The van der Waals surface area contributed by atoms with Gasteiger partial charge in [-0.05, 0) is 18.2 Å². The monoisotopic (exact) mass is 262 g/mol. The highest BCUT2D eigenvalue weighted by atomic mass is 19.4. The molecule has 2 nitrogen and oxygen atoms in total. The lowest BCUT2D eigenvalue weighted by atomic mass is 10.1. The molecule has 5 heteroatoms. The van der Waals surface area contributed by atoms with E-state index >= 15 is 0 Å². The fraction of sp³-hybridized carbons (Fsp3) is 0.0714. The average molecular weight is 262 g/mol. The molecule has 96 valence electrons. The van der Waals surface area contributed by atoms with Crippen molar-refractivity contribution in [2.24, 2.45) is 0 Å². The summed E-state index contributed by atoms with van der Waals surface area (Å²) in [4.78, 5) is 0. The number of aromatic nitrogens is 2. The van der Waals surface area contributed by atoms with Crippen LogP contribution in [0.25, 0.3) is 16.6 Å². The van der Waals surface area contributed by atoms with Crippen molar-refractivity contribution in [1.29, 1.82) is 0 Å². The zero-order chi connectivity index (χ0) is 13.5. The Morgan fingerprint density at radius 2 is 1.63 bits per heavy atom. The molecule has 0 aliphatic heterocycles. The van der Waals surface area contributed by atoms with Crippen LogP contribution >= 0.6 is 0 Å². The number of hydrogen-bond acceptors (Lipinski definition) is 1. The highest BCUT2D eigenvalue weighted by Crippen LogP contribution is 2.34. The number of halogens is 3. The molecule has 0 atom stereocenters. The first kappa shape index (κ1) is 11.8. The van der Waals surface area contributed by atoms with E-state index in [1.807, 2.05) is 18.2 Å². The maximum atomic E-state index is 12.9. The average Bonchev–Trinajstić information content (AvgIpc) is 2.82. The van der Waals surface area contributed by atoms with Crippen LogP contribution in [-0.4, -0.2) is 9.78 Å². The quantitative estimate of drug-likeness (QED) is 0.647. The van der Waals surface area contributed by atoms with E-state index in [-0.39, 0.29) is 5.52 Å². The normalized spacial score (nSPS) is 11.9. The Balaban J connectivity index is 2.22. The second-order valence-corrected chi connectivity index (χ2v) is 4.15. The van der Waals surface area contributed by atoms with Crippen LogP contribution in [0.5, 0.6) is 0 Å². The number of hydrogen-bond donors (Lipinski definition) is 0. The topological polar surface area (TPSA) is 17.8 Å². The van der Waals surface area contributed by atoms with E-state index in [1.54, 1.807) is 24.4 Å². The predicted octanol–water partition coefficient (Wildman–Crippen LogP) is 4.04. The SMILES string of the molecule is FC(F)(F)c1cccc2cn(-c3ccccc3)nc12. The van der Waals surface area contributed by atoms with Crippen LogP contribution in [0.4, 0.5) is 13.2 Å². The molecular weight excluding hydrogens is 253 g/mol. The van der Waals surface area contributed by atoms with Gasteiger partial charge in [-0.25, -0.2) is 4.68 Å². The molecule has 0 N–H and O–H groups in total. The summed E-state index contributed by atoms with van der Waals surface area (Å²) in [5, 5.41) is 4.52. The summed E-state index contributed by atoms with van der Waals surface area (Å²) < 4.78 is 40.1. The molecule has 0 spiro atoms. The largest absolute Gasteiger partial charge is 0.418 e. The Morgan fingerprint density at radius 1 is 0.895 bits per heavy atom. The van der Waals surface area contributed by atoms with Crippen LogP contribution in [-0.2, 0) is 6.18 Å². The Bertz CT molecular complexity index is 714. The molecule has 3 rings (SSSR count). The third-order valence-electron chi connectivity index (χ3n) is 2.86. The number of nitrogens with zero attached hydrogens (tertiary/aromatic N) is 2. The summed E-state index contributed by atoms with van der Waals surface area (Å²) in [5.41, 5.74) is -0.00893. The van der Waals surface area contributed by atoms with Gasteiger partial charge in [-0.2, -0.15) is 18.3 Å². The molecule has 0 aliphatic carbocycles. The van der Waals surface area contributed by atoms with Crippen molar-refractivity contribution in [3.8, 4) is 5.69 Å². The Kier molecular flexibility index (Phi) is 2.55. The van der Waals surface area contributed by atoms with Gasteiger partial charge in [-0.3, -0.25) is 0 Å². The summed E-state index contributed by atoms with van der Waals surface area (Å²) in [6.07, 6.45) is -2.80. The summed E-state index contributed by atoms with van der Waals surface area (Å²) in [6, 6.07) is 13.1. The van der Waals surface area contributed by atoms with Crippen LogP contribution in [0.1, 0.15) is 5.56 Å². The van der Waals surface area contributed by atoms with E-state index in [4.69, 9.17) is 0 Å². The number of benzene rings is 2. The van der Waals surface area contributed by atoms with Gasteiger partial charge in [0.2, 0.25) is 0 Å². The van der Waals surface area contributed by atoms with E-state index in [1.165, 1.54) is 10.7 Å². The van der Waals surface area contributed by atoms with Crippen molar-refractivity contribution in [3.05, 3.63) is 60.3 Å². The minimum Gasteiger partial charge on any atom is -0.240 e. The summed E-state index contributed by atoms with van der Waals surface area (Å²) in [6.45, 7) is 0. The van der Waals surface area contributed by atoms with Crippen LogP contribution in [0.15, 0.2) is 54.7 Å². The second-order valence-electron chi connectivity index (χ2n) is 4.15. The van der Waals surface area contributed by atoms with Crippen molar-refractivity contribution in [2.75, 3.05) is 0 Å². The smallest absolute Gasteiger partial charge is 0.240 e. The molecule has 0 radical (unpaired) electrons. The van der Waals surface area contributed by atoms with Crippen molar-refractivity contribution in [2.45, 2.75) is 6.18 Å². The Hall–Kier alpha value is -2.30. The summed E-state index contributed by atoms with van der Waals surface area (Å²) in [7, 11) is 0. The van der Waals surface area contributed by atoms with Crippen LogP contribution in [0.3, 0.4) is 0 Å². The third-order valence-corrected chi connectivity index (χ3v) is 2.86. The van der Waals surface area contributed by atoms with Gasteiger partial charge in [0.1, 0.15) is 5.52 Å². The maximum absolute atomic E-state index is 12.9. The first-order valence-corrected chi connectivity index (χ1v) is 5.67. The number of para-hydroxylation sites is 1. The zero-order valence-corrected chi connectivity index (χ0v) is 9.72. The molecule has 1 aromatic heterocycles. The van der Waals surface area contributed by atoms with E-state index in [2.05, 4.69) is 5.10 Å². The van der Waals surface area contributed by atoms with Crippen LogP contribution < -0.4 is 0 Å². The fourth-order valence-electron chi connectivity index (χ4n) is 1.99. The molecule has 19 heavy (non-hydrogen) atoms. The van der Waals surface area contributed by atoms with E-state index in [0.717, 1.165) is 11.8 Å². The molecule has 0 unspecified atom stereocenters. The molecule has 0 saturated carbocycles. The summed E-state index contributed by atoms with van der Waals surface area (Å²) in [5.74, 6) is 0. The lowest BCUT2D eigenvalue weighted by molar-refractivity contribution is -0.136. The van der Waals surface area contributed by atoms with Crippen molar-refractivity contribution in [1.82, 2.24) is 9.78 Å². The number of rotatable bonds is 1. The molecule has 0 fully saturated rings. The zero-order valence-electron chi connectivity index (χ0n) is 9.72. The molecular formula is C14H9F3N2. The minimum absolute atomic E-state index is 0.0288. The van der Waals surface area contributed by atoms with Gasteiger partial charge < -0.3 is 0 Å². The first-order valence-electron chi connectivity index (χ1n) is 5.67. The van der Waals surface area contributed by atoms with Gasteiger partial charge in [0.15, 0.2) is 0 Å². The summed E-state index contributed by atoms with van der Waals surface area (Å²) >= 11 is 0. The van der Waals surface area contributed by atoms with Gasteiger partial charge in [0.25, 0.3) is 0 Å². The Labute approximate surface area is 107 Å². The van der Waals surface area contributed by atoms with Gasteiger partial charge in [-0.15, -0.1) is 0 Å². The number of fused-ring (bicyclic) bond motifs is 1. The lowest BCUT2D eigenvalue weighted by Crippen LogP contribution is -2.05. The van der Waals surface area contributed by atoms with Crippen molar-refractivity contribution in [3.63, 3.8) is 0 Å². The Morgan fingerprint density at radius 3 is 2.32 bits per heavy atom. The van der Waals surface area contributed by atoms with Gasteiger partial charge in [0, 0.05) is 11.6 Å². The molecule has 1 heterocycles. The maximum Gasteiger partial charge on any atom is 0.418 e. The highest BCUT2D eigenvalue weighted by Gasteiger charge is 2.33. The van der Waals surface area contributed by atoms with Crippen LogP contribution in [0, 0.1) is 0 Å². The molecule has 3 aromatic rings. The van der Waals surface area contributed by atoms with E-state index in [0.29, 0.717) is 5.39 Å². The molecule has 2 aromatic carbocycles. The standard InChI is InChI=1S/C14H9F3N2/c15-14(16,17)12-8-4-5-10-9-19(18-13(10)12)11-6-2-1-3-7-11/h1-9H. The minimum atomic E-state index is -4.39. The van der Waals surface area contributed by atoms with Crippen LogP contribution in [0.2, 0.25) is 0 Å².